The molecule has 2 atom stereocenters. The van der Waals surface area contributed by atoms with Crippen LogP contribution in [-0.2, 0) is 9.59 Å². The molecule has 0 aromatic carbocycles. The topological polar surface area (TPSA) is 84.2 Å². The monoisotopic (exact) mass is 197 g/mol. The maximum absolute atomic E-state index is 11.7. The van der Waals surface area contributed by atoms with Crippen molar-refractivity contribution >= 4 is 11.8 Å². The summed E-state index contributed by atoms with van der Waals surface area (Å²) < 4.78 is 0. The molecule has 2 amide bonds. The molecule has 0 saturated carbocycles. The summed E-state index contributed by atoms with van der Waals surface area (Å²) in [6.07, 6.45) is 2.39. The molecule has 78 valence electrons. The number of nitrogens with one attached hydrogen (secondary N) is 2. The van der Waals surface area contributed by atoms with E-state index in [1.165, 1.54) is 0 Å². The van der Waals surface area contributed by atoms with E-state index >= 15 is 0 Å². The molecule has 0 aromatic heterocycles. The normalized spacial score (nSPS) is 37.1. The number of carbonyl (C=O) groups excluding carboxylic acids is 2. The fourth-order valence-corrected chi connectivity index (χ4v) is 2.35. The number of piperidine rings is 1. The van der Waals surface area contributed by atoms with Gasteiger partial charge in [0.25, 0.3) is 0 Å². The number of carbonyl (C=O) groups is 2. The predicted molar refractivity (Wildman–Crippen MR) is 50.3 cm³/mol. The van der Waals surface area contributed by atoms with Crippen LogP contribution in [0.15, 0.2) is 0 Å². The number of nitrogens with two attached hydrogens (primary N) is 1. The Morgan fingerprint density at radius 2 is 2.36 bits per heavy atom. The van der Waals surface area contributed by atoms with E-state index in [1.807, 2.05) is 0 Å². The molecule has 1 spiro atoms. The molecule has 0 unspecified atom stereocenters. The molecule has 2 fully saturated rings. The van der Waals surface area contributed by atoms with Crippen LogP contribution in [0.3, 0.4) is 0 Å². The Balaban J connectivity index is 2.10. The fourth-order valence-electron chi connectivity index (χ4n) is 2.35. The lowest BCUT2D eigenvalue weighted by Crippen LogP contribution is -2.47. The van der Waals surface area contributed by atoms with Crippen molar-refractivity contribution in [2.45, 2.75) is 25.3 Å². The zero-order valence-electron chi connectivity index (χ0n) is 8.01. The van der Waals surface area contributed by atoms with Gasteiger partial charge in [-0.05, 0) is 19.3 Å². The van der Waals surface area contributed by atoms with E-state index in [1.54, 1.807) is 0 Å². The Bertz CT molecular complexity index is 279. The number of hydrogen-bond acceptors (Lipinski definition) is 3. The molecule has 2 heterocycles. The lowest BCUT2D eigenvalue weighted by Gasteiger charge is -2.31. The molecule has 14 heavy (non-hydrogen) atoms. The van der Waals surface area contributed by atoms with Crippen LogP contribution in [0.25, 0.3) is 0 Å². The predicted octanol–water partition coefficient (Wildman–Crippen LogP) is -1.27. The highest BCUT2D eigenvalue weighted by molar-refractivity contribution is 5.87. The highest BCUT2D eigenvalue weighted by Gasteiger charge is 2.47. The van der Waals surface area contributed by atoms with Crippen molar-refractivity contribution in [2.24, 2.45) is 11.1 Å². The van der Waals surface area contributed by atoms with Gasteiger partial charge in [0.2, 0.25) is 11.8 Å². The molecule has 2 aliphatic heterocycles. The van der Waals surface area contributed by atoms with Crippen molar-refractivity contribution in [1.82, 2.24) is 10.6 Å². The molecule has 0 bridgehead atoms. The van der Waals surface area contributed by atoms with Gasteiger partial charge < -0.3 is 16.4 Å². The minimum absolute atomic E-state index is 0.0694. The highest BCUT2D eigenvalue weighted by Crippen LogP contribution is 2.35. The van der Waals surface area contributed by atoms with Gasteiger partial charge in [-0.25, -0.2) is 0 Å². The zero-order valence-corrected chi connectivity index (χ0v) is 8.01. The van der Waals surface area contributed by atoms with E-state index < -0.39 is 0 Å². The summed E-state index contributed by atoms with van der Waals surface area (Å²) in [4.78, 5) is 22.6. The van der Waals surface area contributed by atoms with E-state index in [2.05, 4.69) is 10.6 Å². The van der Waals surface area contributed by atoms with Gasteiger partial charge in [-0.15, -0.1) is 0 Å². The highest BCUT2D eigenvalue weighted by atomic mass is 16.2. The first-order valence-corrected chi connectivity index (χ1v) is 4.95. The molecule has 4 N–H and O–H groups in total. The quantitative estimate of drug-likeness (QED) is 0.490. The van der Waals surface area contributed by atoms with Crippen LogP contribution in [0.5, 0.6) is 0 Å². The van der Waals surface area contributed by atoms with Crippen LogP contribution in [-0.4, -0.2) is 30.9 Å². The molecule has 2 aliphatic rings. The second-order valence-electron chi connectivity index (χ2n) is 4.18. The van der Waals surface area contributed by atoms with Gasteiger partial charge in [-0.3, -0.25) is 9.59 Å². The van der Waals surface area contributed by atoms with E-state index in [0.29, 0.717) is 13.0 Å². The average Bonchev–Trinajstić information content (AvgIpc) is 2.56. The zero-order chi connectivity index (χ0) is 10.2. The standard InChI is InChI=1S/C9H15N3O2/c10-7(13)6-4-9(5-12-6)2-1-3-11-8(9)14/h6,12H,1-5H2,(H2,10,13)(H,11,14)/t6-,9+/m0/s1. The largest absolute Gasteiger partial charge is 0.368 e. The Kier molecular flexibility index (Phi) is 2.19. The van der Waals surface area contributed by atoms with Crippen molar-refractivity contribution in [3.05, 3.63) is 0 Å². The Labute approximate surface area is 82.4 Å². The first-order valence-electron chi connectivity index (χ1n) is 4.95. The van der Waals surface area contributed by atoms with E-state index in [-0.39, 0.29) is 23.3 Å². The summed E-state index contributed by atoms with van der Waals surface area (Å²) in [6.45, 7) is 1.33. The van der Waals surface area contributed by atoms with Crippen LogP contribution >= 0.6 is 0 Å². The van der Waals surface area contributed by atoms with E-state index in [4.69, 9.17) is 5.73 Å². The van der Waals surface area contributed by atoms with Gasteiger partial charge in [-0.2, -0.15) is 0 Å². The molecule has 5 heteroatoms. The molecule has 0 aliphatic carbocycles. The number of hydrogen-bond donors (Lipinski definition) is 3. The number of primary amides is 1. The first-order chi connectivity index (χ1) is 6.64. The summed E-state index contributed by atoms with van der Waals surface area (Å²) >= 11 is 0. The van der Waals surface area contributed by atoms with Crippen LogP contribution in [0.2, 0.25) is 0 Å². The first kappa shape index (κ1) is 9.45. The van der Waals surface area contributed by atoms with Gasteiger partial charge in [0.05, 0.1) is 11.5 Å². The summed E-state index contributed by atoms with van der Waals surface area (Å²) in [5.41, 5.74) is 4.82. The van der Waals surface area contributed by atoms with Crippen molar-refractivity contribution < 1.29 is 9.59 Å². The summed E-state index contributed by atoms with van der Waals surface area (Å²) in [7, 11) is 0. The van der Waals surface area contributed by atoms with Gasteiger partial charge in [0.1, 0.15) is 0 Å². The molecule has 0 radical (unpaired) electrons. The SMILES string of the molecule is NC(=O)[C@@H]1C[C@]2(CCCNC2=O)CN1. The third kappa shape index (κ3) is 1.37. The lowest BCUT2D eigenvalue weighted by molar-refractivity contribution is -0.132. The smallest absolute Gasteiger partial charge is 0.234 e. The van der Waals surface area contributed by atoms with Crippen LogP contribution in [0, 0.1) is 5.41 Å². The van der Waals surface area contributed by atoms with E-state index in [9.17, 15) is 9.59 Å². The van der Waals surface area contributed by atoms with Crippen molar-refractivity contribution in [3.63, 3.8) is 0 Å². The van der Waals surface area contributed by atoms with Crippen molar-refractivity contribution in [3.8, 4) is 0 Å². The summed E-state index contributed by atoms with van der Waals surface area (Å²) in [5, 5.41) is 5.85. The van der Waals surface area contributed by atoms with Gasteiger partial charge in [0.15, 0.2) is 0 Å². The number of amides is 2. The summed E-state index contributed by atoms with van der Waals surface area (Å²) in [5.74, 6) is -0.291. The molecular formula is C9H15N3O2. The van der Waals surface area contributed by atoms with Gasteiger partial charge in [0, 0.05) is 13.1 Å². The van der Waals surface area contributed by atoms with Crippen LogP contribution in [0.4, 0.5) is 0 Å². The number of rotatable bonds is 1. The molecule has 2 rings (SSSR count). The molecule has 0 aromatic rings. The van der Waals surface area contributed by atoms with Gasteiger partial charge >= 0.3 is 0 Å². The van der Waals surface area contributed by atoms with Crippen molar-refractivity contribution in [2.75, 3.05) is 13.1 Å². The maximum Gasteiger partial charge on any atom is 0.234 e. The van der Waals surface area contributed by atoms with Crippen molar-refractivity contribution in [1.29, 1.82) is 0 Å². The second-order valence-corrected chi connectivity index (χ2v) is 4.18. The third-order valence-electron chi connectivity index (χ3n) is 3.22. The molecule has 2 saturated heterocycles. The Morgan fingerprint density at radius 1 is 1.57 bits per heavy atom. The Morgan fingerprint density at radius 3 is 2.93 bits per heavy atom. The lowest BCUT2D eigenvalue weighted by atomic mass is 9.78. The summed E-state index contributed by atoms with van der Waals surface area (Å²) in [6, 6.07) is -0.334. The fraction of sp³-hybridized carbons (Fsp3) is 0.778. The third-order valence-corrected chi connectivity index (χ3v) is 3.22. The van der Waals surface area contributed by atoms with Crippen LogP contribution < -0.4 is 16.4 Å². The minimum Gasteiger partial charge on any atom is -0.368 e. The van der Waals surface area contributed by atoms with E-state index in [0.717, 1.165) is 19.4 Å². The molecule has 5 nitrogen and oxygen atoms in total. The van der Waals surface area contributed by atoms with Crippen LogP contribution in [0.1, 0.15) is 19.3 Å². The molecular weight excluding hydrogens is 182 g/mol. The maximum atomic E-state index is 11.7. The minimum atomic E-state index is -0.377. The average molecular weight is 197 g/mol. The Hall–Kier alpha value is -1.10. The van der Waals surface area contributed by atoms with Gasteiger partial charge in [-0.1, -0.05) is 0 Å². The second kappa shape index (κ2) is 3.24.